The van der Waals surface area contributed by atoms with Gasteiger partial charge in [0.25, 0.3) is 11.5 Å². The van der Waals surface area contributed by atoms with Crippen LogP contribution in [0.2, 0.25) is 0 Å². The fraction of sp³-hybridized carbons (Fsp3) is 0.520. The van der Waals surface area contributed by atoms with Crippen molar-refractivity contribution in [3.8, 4) is 0 Å². The van der Waals surface area contributed by atoms with Gasteiger partial charge in [0.2, 0.25) is 5.91 Å². The van der Waals surface area contributed by atoms with Gasteiger partial charge in [-0.25, -0.2) is 0 Å². The van der Waals surface area contributed by atoms with Crippen LogP contribution in [0, 0.1) is 0 Å². The van der Waals surface area contributed by atoms with Crippen molar-refractivity contribution in [3.63, 3.8) is 0 Å². The van der Waals surface area contributed by atoms with Gasteiger partial charge in [-0.2, -0.15) is 13.2 Å². The van der Waals surface area contributed by atoms with Crippen molar-refractivity contribution in [1.82, 2.24) is 24.7 Å². The maximum atomic E-state index is 13.2. The number of nitrogens with zero attached hydrogens (tertiary/aromatic N) is 4. The Labute approximate surface area is 216 Å². The molecule has 1 N–H and O–H groups in total. The first kappa shape index (κ1) is 26.3. The number of pyridine rings is 2. The Kier molecular flexibility index (Phi) is 7.50. The Hall–Kier alpha value is -3.29. The predicted octanol–water partition coefficient (Wildman–Crippen LogP) is 0.893. The molecular weight excluding hydrogens is 507 g/mol. The molecule has 38 heavy (non-hydrogen) atoms. The van der Waals surface area contributed by atoms with Crippen LogP contribution < -0.4 is 10.9 Å². The number of hydrogen-bond donors (Lipinski definition) is 1. The third kappa shape index (κ3) is 5.74. The molecule has 2 aromatic rings. The minimum atomic E-state index is -4.77. The van der Waals surface area contributed by atoms with E-state index >= 15 is 0 Å². The smallest absolute Gasteiger partial charge is 0.380 e. The zero-order valence-corrected chi connectivity index (χ0v) is 20.5. The van der Waals surface area contributed by atoms with Crippen LogP contribution in [-0.2, 0) is 33.6 Å². The Morgan fingerprint density at radius 3 is 2.76 bits per heavy atom. The molecule has 2 saturated heterocycles. The van der Waals surface area contributed by atoms with Crippen molar-refractivity contribution >= 4 is 11.8 Å². The molecule has 0 aromatic carbocycles. The Morgan fingerprint density at radius 2 is 2.05 bits per heavy atom. The van der Waals surface area contributed by atoms with Gasteiger partial charge in [-0.1, -0.05) is 6.07 Å². The van der Waals surface area contributed by atoms with Crippen molar-refractivity contribution in [3.05, 3.63) is 63.8 Å². The fourth-order valence-electron chi connectivity index (χ4n) is 5.13. The topological polar surface area (TPSA) is 106 Å². The first-order chi connectivity index (χ1) is 18.2. The van der Waals surface area contributed by atoms with Gasteiger partial charge in [0.1, 0.15) is 5.69 Å². The molecule has 3 aliphatic rings. The zero-order valence-electron chi connectivity index (χ0n) is 20.5. The molecule has 2 fully saturated rings. The second kappa shape index (κ2) is 10.8. The van der Waals surface area contributed by atoms with E-state index in [1.807, 2.05) is 12.1 Å². The number of carbonyl (C=O) groups is 2. The zero-order chi connectivity index (χ0) is 26.9. The Morgan fingerprint density at radius 1 is 1.21 bits per heavy atom. The lowest BCUT2D eigenvalue weighted by atomic mass is 10.1. The van der Waals surface area contributed by atoms with Crippen molar-refractivity contribution in [2.45, 2.75) is 43.9 Å². The van der Waals surface area contributed by atoms with Gasteiger partial charge in [0, 0.05) is 57.3 Å². The molecule has 2 aromatic heterocycles. The van der Waals surface area contributed by atoms with Crippen LogP contribution in [0.5, 0.6) is 0 Å². The molecule has 2 unspecified atom stereocenters. The summed E-state index contributed by atoms with van der Waals surface area (Å²) in [5.41, 5.74) is -1.58. The van der Waals surface area contributed by atoms with Crippen LogP contribution in [0.15, 0.2) is 41.5 Å². The number of fused-ring (bicyclic) bond motifs is 1. The molecule has 13 heteroatoms. The molecule has 204 valence electrons. The van der Waals surface area contributed by atoms with E-state index in [0.29, 0.717) is 45.0 Å². The summed E-state index contributed by atoms with van der Waals surface area (Å²) in [6.07, 6.45) is -0.814. The average molecular weight is 536 g/mol. The SMILES string of the molecule is O=C(CN1CCn2c(cc(C(F)(F)F)cc2=O)C1=O)NC1CN(C2CCOC2)C[C@@H]1OCc1cccnc1. The van der Waals surface area contributed by atoms with Crippen LogP contribution in [-0.4, -0.2) is 88.7 Å². The molecule has 3 aliphatic heterocycles. The van der Waals surface area contributed by atoms with E-state index in [4.69, 9.17) is 9.47 Å². The van der Waals surface area contributed by atoms with Crippen molar-refractivity contribution in [2.75, 3.05) is 39.4 Å². The fourth-order valence-corrected chi connectivity index (χ4v) is 5.13. The summed E-state index contributed by atoms with van der Waals surface area (Å²) in [6.45, 7) is 2.42. The number of hydrogen-bond acceptors (Lipinski definition) is 7. The lowest BCUT2D eigenvalue weighted by Crippen LogP contribution is -2.51. The Bertz CT molecular complexity index is 1230. The molecule has 10 nitrogen and oxygen atoms in total. The molecule has 5 heterocycles. The largest absolute Gasteiger partial charge is 0.416 e. The molecule has 0 bridgehead atoms. The van der Waals surface area contributed by atoms with E-state index in [2.05, 4.69) is 15.2 Å². The molecule has 3 atom stereocenters. The molecule has 0 radical (unpaired) electrons. The second-order valence-corrected chi connectivity index (χ2v) is 9.70. The number of halogens is 3. The number of likely N-dealkylation sites (tertiary alicyclic amines) is 1. The third-order valence-corrected chi connectivity index (χ3v) is 7.14. The summed E-state index contributed by atoms with van der Waals surface area (Å²) >= 11 is 0. The number of amides is 2. The highest BCUT2D eigenvalue weighted by molar-refractivity contribution is 5.96. The lowest BCUT2D eigenvalue weighted by Gasteiger charge is -2.30. The average Bonchev–Trinajstić information content (AvgIpc) is 3.55. The van der Waals surface area contributed by atoms with Crippen LogP contribution in [0.1, 0.15) is 28.0 Å². The van der Waals surface area contributed by atoms with Crippen molar-refractivity contribution in [1.29, 1.82) is 0 Å². The standard InChI is InChI=1S/C25H28F3N5O5/c26-25(27,28)17-8-20-24(36)31(5-6-33(20)23(35)9-17)13-22(34)30-19-11-32(18-3-7-37-15-18)12-21(19)38-14-16-2-1-4-29-10-16/h1-2,4,8-10,18-19,21H,3,5-7,11-15H2,(H,30,34)/t18?,19?,21-/m0/s1. The summed E-state index contributed by atoms with van der Waals surface area (Å²) < 4.78 is 52.2. The summed E-state index contributed by atoms with van der Waals surface area (Å²) in [6, 6.07) is 4.72. The number of aromatic nitrogens is 2. The molecule has 0 saturated carbocycles. The first-order valence-corrected chi connectivity index (χ1v) is 12.4. The van der Waals surface area contributed by atoms with Gasteiger partial charge < -0.3 is 24.3 Å². The van der Waals surface area contributed by atoms with Crippen molar-refractivity contribution < 1.29 is 32.2 Å². The number of nitrogens with one attached hydrogen (secondary N) is 1. The van der Waals surface area contributed by atoms with Crippen LogP contribution in [0.25, 0.3) is 0 Å². The van der Waals surface area contributed by atoms with E-state index in [9.17, 15) is 27.6 Å². The summed E-state index contributed by atoms with van der Waals surface area (Å²) in [5, 5.41) is 2.95. The number of alkyl halides is 3. The summed E-state index contributed by atoms with van der Waals surface area (Å²) in [5.74, 6) is -1.25. The normalized spacial score (nSPS) is 24.0. The predicted molar refractivity (Wildman–Crippen MR) is 127 cm³/mol. The highest BCUT2D eigenvalue weighted by atomic mass is 19.4. The van der Waals surface area contributed by atoms with E-state index < -0.39 is 29.1 Å². The van der Waals surface area contributed by atoms with E-state index in [0.717, 1.165) is 21.5 Å². The minimum Gasteiger partial charge on any atom is -0.380 e. The quantitative estimate of drug-likeness (QED) is 0.562. The van der Waals surface area contributed by atoms with Gasteiger partial charge in [-0.3, -0.25) is 24.3 Å². The monoisotopic (exact) mass is 535 g/mol. The van der Waals surface area contributed by atoms with Gasteiger partial charge >= 0.3 is 6.18 Å². The number of carbonyl (C=O) groups excluding carboxylic acids is 2. The van der Waals surface area contributed by atoms with E-state index in [1.54, 1.807) is 12.4 Å². The Balaban J connectivity index is 1.25. The number of rotatable bonds is 7. The van der Waals surface area contributed by atoms with E-state index in [1.165, 1.54) is 0 Å². The highest BCUT2D eigenvalue weighted by Gasteiger charge is 2.40. The van der Waals surface area contributed by atoms with E-state index in [-0.39, 0.29) is 43.5 Å². The first-order valence-electron chi connectivity index (χ1n) is 12.4. The van der Waals surface area contributed by atoms with Crippen LogP contribution >= 0.6 is 0 Å². The highest BCUT2D eigenvalue weighted by Crippen LogP contribution is 2.29. The van der Waals surface area contributed by atoms with Crippen LogP contribution in [0.4, 0.5) is 13.2 Å². The van der Waals surface area contributed by atoms with Gasteiger partial charge in [-0.15, -0.1) is 0 Å². The maximum absolute atomic E-state index is 13.2. The molecular formula is C25H28F3N5O5. The molecule has 0 aliphatic carbocycles. The second-order valence-electron chi connectivity index (χ2n) is 9.70. The van der Waals surface area contributed by atoms with Crippen molar-refractivity contribution in [2.24, 2.45) is 0 Å². The minimum absolute atomic E-state index is 0.00105. The summed E-state index contributed by atoms with van der Waals surface area (Å²) in [4.78, 5) is 45.6. The van der Waals surface area contributed by atoms with Gasteiger partial charge in [0.15, 0.2) is 0 Å². The lowest BCUT2D eigenvalue weighted by molar-refractivity contribution is -0.137. The molecule has 0 spiro atoms. The number of ether oxygens (including phenoxy) is 2. The third-order valence-electron chi connectivity index (χ3n) is 7.14. The molecule has 5 rings (SSSR count). The maximum Gasteiger partial charge on any atom is 0.416 e. The molecule has 2 amide bonds. The van der Waals surface area contributed by atoms with Gasteiger partial charge in [-0.05, 0) is 24.1 Å². The van der Waals surface area contributed by atoms with Gasteiger partial charge in [0.05, 0.1) is 37.5 Å². The van der Waals surface area contributed by atoms with Crippen LogP contribution in [0.3, 0.4) is 0 Å². The summed E-state index contributed by atoms with van der Waals surface area (Å²) in [7, 11) is 0.